The lowest BCUT2D eigenvalue weighted by Gasteiger charge is -2.06. The van der Waals surface area contributed by atoms with E-state index in [1.807, 2.05) is 6.08 Å². The van der Waals surface area contributed by atoms with E-state index in [4.69, 9.17) is 0 Å². The molecule has 3 heteroatoms. The molecule has 1 heterocycles. The molecule has 14 heavy (non-hydrogen) atoms. The molecule has 1 aliphatic heterocycles. The first-order valence-electron chi connectivity index (χ1n) is 4.55. The van der Waals surface area contributed by atoms with E-state index < -0.39 is 11.6 Å². The van der Waals surface area contributed by atoms with E-state index in [1.54, 1.807) is 19.1 Å². The van der Waals surface area contributed by atoms with Crippen molar-refractivity contribution in [3.63, 3.8) is 0 Å². The van der Waals surface area contributed by atoms with Crippen molar-refractivity contribution in [3.8, 4) is 0 Å². The fraction of sp³-hybridized carbons (Fsp3) is 0.273. The standard InChI is InChI=1S/C11H11F2N/c1-7-2-3-9(11(13)10(7)12)8-4-5-14-6-8/h2-4,14H,5-6H2,1H3. The van der Waals surface area contributed by atoms with Gasteiger partial charge in [-0.3, -0.25) is 0 Å². The van der Waals surface area contributed by atoms with Crippen LogP contribution >= 0.6 is 0 Å². The maximum atomic E-state index is 13.5. The largest absolute Gasteiger partial charge is 0.309 e. The van der Waals surface area contributed by atoms with Crippen LogP contribution in [0.2, 0.25) is 0 Å². The van der Waals surface area contributed by atoms with Gasteiger partial charge in [0.25, 0.3) is 0 Å². The number of aryl methyl sites for hydroxylation is 1. The van der Waals surface area contributed by atoms with E-state index in [1.165, 1.54) is 0 Å². The third-order valence-corrected chi connectivity index (χ3v) is 2.43. The summed E-state index contributed by atoms with van der Waals surface area (Å²) in [7, 11) is 0. The highest BCUT2D eigenvalue weighted by molar-refractivity contribution is 5.69. The van der Waals surface area contributed by atoms with Crippen molar-refractivity contribution in [3.05, 3.63) is 41.0 Å². The smallest absolute Gasteiger partial charge is 0.166 e. The van der Waals surface area contributed by atoms with E-state index in [9.17, 15) is 8.78 Å². The Bertz CT molecular complexity index is 397. The van der Waals surface area contributed by atoms with Gasteiger partial charge < -0.3 is 5.32 Å². The van der Waals surface area contributed by atoms with Crippen LogP contribution in [-0.4, -0.2) is 13.1 Å². The van der Waals surface area contributed by atoms with Crippen LogP contribution in [-0.2, 0) is 0 Å². The normalized spacial score (nSPS) is 15.8. The number of rotatable bonds is 1. The van der Waals surface area contributed by atoms with Crippen molar-refractivity contribution in [1.29, 1.82) is 0 Å². The van der Waals surface area contributed by atoms with Gasteiger partial charge in [0.15, 0.2) is 11.6 Å². The Morgan fingerprint density at radius 1 is 1.21 bits per heavy atom. The average Bonchev–Trinajstić information content (AvgIpc) is 2.67. The molecule has 1 N–H and O–H groups in total. The topological polar surface area (TPSA) is 12.0 Å². The molecule has 1 nitrogen and oxygen atoms in total. The molecule has 0 aromatic heterocycles. The Morgan fingerprint density at radius 3 is 2.64 bits per heavy atom. The fourth-order valence-electron chi connectivity index (χ4n) is 1.57. The minimum atomic E-state index is -0.740. The minimum Gasteiger partial charge on any atom is -0.309 e. The van der Waals surface area contributed by atoms with Crippen molar-refractivity contribution < 1.29 is 8.78 Å². The van der Waals surface area contributed by atoms with Gasteiger partial charge in [-0.25, -0.2) is 8.78 Å². The Balaban J connectivity index is 2.49. The van der Waals surface area contributed by atoms with Crippen molar-refractivity contribution in [2.75, 3.05) is 13.1 Å². The Morgan fingerprint density at radius 2 is 2.00 bits per heavy atom. The molecule has 1 aliphatic rings. The van der Waals surface area contributed by atoms with Crippen LogP contribution in [0.15, 0.2) is 18.2 Å². The highest BCUT2D eigenvalue weighted by Crippen LogP contribution is 2.23. The molecule has 2 rings (SSSR count). The predicted octanol–water partition coefficient (Wildman–Crippen LogP) is 2.26. The zero-order valence-electron chi connectivity index (χ0n) is 7.90. The summed E-state index contributed by atoms with van der Waals surface area (Å²) in [6.07, 6.45) is 1.88. The maximum Gasteiger partial charge on any atom is 0.166 e. The molecule has 0 saturated carbocycles. The molecule has 0 bridgehead atoms. The zero-order valence-corrected chi connectivity index (χ0v) is 7.90. The number of hydrogen-bond donors (Lipinski definition) is 1. The van der Waals surface area contributed by atoms with Crippen LogP contribution < -0.4 is 5.32 Å². The molecule has 0 fully saturated rings. The second-order valence-corrected chi connectivity index (χ2v) is 3.42. The third kappa shape index (κ3) is 1.44. The molecule has 0 spiro atoms. The van der Waals surface area contributed by atoms with Gasteiger partial charge in [0, 0.05) is 18.7 Å². The highest BCUT2D eigenvalue weighted by Gasteiger charge is 2.15. The summed E-state index contributed by atoms with van der Waals surface area (Å²) in [6.45, 7) is 2.90. The van der Waals surface area contributed by atoms with Crippen molar-refractivity contribution in [2.24, 2.45) is 0 Å². The monoisotopic (exact) mass is 195 g/mol. The van der Waals surface area contributed by atoms with Gasteiger partial charge in [-0.2, -0.15) is 0 Å². The second kappa shape index (κ2) is 3.50. The first-order valence-corrected chi connectivity index (χ1v) is 4.55. The maximum absolute atomic E-state index is 13.5. The van der Waals surface area contributed by atoms with Crippen LogP contribution in [0.3, 0.4) is 0 Å². The molecule has 1 aromatic carbocycles. The molecule has 0 amide bonds. The van der Waals surface area contributed by atoms with Gasteiger partial charge in [0.1, 0.15) is 0 Å². The molecule has 0 radical (unpaired) electrons. The molecular weight excluding hydrogens is 184 g/mol. The molecule has 0 saturated heterocycles. The van der Waals surface area contributed by atoms with Gasteiger partial charge in [-0.15, -0.1) is 0 Å². The first kappa shape index (κ1) is 9.34. The summed E-state index contributed by atoms with van der Waals surface area (Å²) in [6, 6.07) is 3.24. The lowest BCUT2D eigenvalue weighted by atomic mass is 10.0. The molecule has 1 aromatic rings. The summed E-state index contributed by atoms with van der Waals surface area (Å²) in [5.74, 6) is -1.48. The predicted molar refractivity (Wildman–Crippen MR) is 51.9 cm³/mol. The van der Waals surface area contributed by atoms with Crippen LogP contribution in [0.1, 0.15) is 11.1 Å². The SMILES string of the molecule is Cc1ccc(C2=CCNC2)c(F)c1F. The van der Waals surface area contributed by atoms with Gasteiger partial charge in [0.05, 0.1) is 0 Å². The summed E-state index contributed by atoms with van der Waals surface area (Å²) in [5.41, 5.74) is 1.55. The number of halogens is 2. The van der Waals surface area contributed by atoms with Crippen molar-refractivity contribution in [1.82, 2.24) is 5.32 Å². The quantitative estimate of drug-likeness (QED) is 0.724. The van der Waals surface area contributed by atoms with Crippen LogP contribution in [0.25, 0.3) is 5.57 Å². The van der Waals surface area contributed by atoms with Crippen molar-refractivity contribution >= 4 is 5.57 Å². The van der Waals surface area contributed by atoms with Gasteiger partial charge in [-0.1, -0.05) is 18.2 Å². The van der Waals surface area contributed by atoms with Gasteiger partial charge in [0.2, 0.25) is 0 Å². The molecule has 0 unspecified atom stereocenters. The summed E-state index contributed by atoms with van der Waals surface area (Å²) in [5, 5.41) is 3.05. The van der Waals surface area contributed by atoms with E-state index in [0.29, 0.717) is 17.7 Å². The Kier molecular flexibility index (Phi) is 2.33. The zero-order chi connectivity index (χ0) is 10.1. The molecule has 0 aliphatic carbocycles. The summed E-state index contributed by atoms with van der Waals surface area (Å²) < 4.78 is 26.7. The Hall–Kier alpha value is -1.22. The Labute approximate surface area is 81.4 Å². The molecule has 74 valence electrons. The molecular formula is C11H11F2N. The average molecular weight is 195 g/mol. The summed E-state index contributed by atoms with van der Waals surface area (Å²) in [4.78, 5) is 0. The lowest BCUT2D eigenvalue weighted by Crippen LogP contribution is -2.08. The fourth-order valence-corrected chi connectivity index (χ4v) is 1.57. The first-order chi connectivity index (χ1) is 6.70. The van der Waals surface area contributed by atoms with E-state index in [2.05, 4.69) is 5.32 Å². The van der Waals surface area contributed by atoms with Gasteiger partial charge in [-0.05, 0) is 18.1 Å². The second-order valence-electron chi connectivity index (χ2n) is 3.42. The molecule has 0 atom stereocenters. The number of benzene rings is 1. The number of nitrogens with one attached hydrogen (secondary N) is 1. The highest BCUT2D eigenvalue weighted by atomic mass is 19.2. The summed E-state index contributed by atoms with van der Waals surface area (Å²) >= 11 is 0. The number of hydrogen-bond acceptors (Lipinski definition) is 1. The van der Waals surface area contributed by atoms with Crippen LogP contribution in [0, 0.1) is 18.6 Å². The lowest BCUT2D eigenvalue weighted by molar-refractivity contribution is 0.500. The van der Waals surface area contributed by atoms with Crippen LogP contribution in [0.4, 0.5) is 8.78 Å². The van der Waals surface area contributed by atoms with E-state index in [0.717, 1.165) is 12.1 Å². The van der Waals surface area contributed by atoms with Crippen molar-refractivity contribution in [2.45, 2.75) is 6.92 Å². The van der Waals surface area contributed by atoms with Crippen LogP contribution in [0.5, 0.6) is 0 Å². The van der Waals surface area contributed by atoms with E-state index >= 15 is 0 Å². The van der Waals surface area contributed by atoms with E-state index in [-0.39, 0.29) is 0 Å². The minimum absolute atomic E-state index is 0.345. The third-order valence-electron chi connectivity index (χ3n) is 2.43. The van der Waals surface area contributed by atoms with Gasteiger partial charge >= 0.3 is 0 Å².